The summed E-state index contributed by atoms with van der Waals surface area (Å²) < 4.78 is 5.90. The minimum absolute atomic E-state index is 0.0432. The molecule has 2 fully saturated rings. The van der Waals surface area contributed by atoms with E-state index in [4.69, 9.17) is 16.2 Å². The normalized spacial score (nSPS) is 30.2. The number of urea groups is 1. The number of hydrogen-bond donors (Lipinski definition) is 6. The van der Waals surface area contributed by atoms with Crippen molar-refractivity contribution in [3.05, 3.63) is 29.3 Å². The maximum atomic E-state index is 13.6. The number of para-hydroxylation sites is 1. The zero-order valence-electron chi connectivity index (χ0n) is 24.5. The van der Waals surface area contributed by atoms with E-state index in [2.05, 4.69) is 34.5 Å². The average molecular weight is 598 g/mol. The van der Waals surface area contributed by atoms with Gasteiger partial charge in [0, 0.05) is 18.7 Å². The Morgan fingerprint density at radius 2 is 2.00 bits per heavy atom. The fraction of sp³-hybridized carbons (Fsp3) is 0.607. The van der Waals surface area contributed by atoms with Crippen molar-refractivity contribution in [1.82, 2.24) is 25.3 Å². The zero-order valence-corrected chi connectivity index (χ0v) is 24.5. The molecule has 0 saturated carbocycles. The summed E-state index contributed by atoms with van der Waals surface area (Å²) in [5.41, 5.74) is 11.6. The Kier molecular flexibility index (Phi) is 6.73. The number of carbonyl (C=O) groups is 3. The molecule has 5 aliphatic heterocycles. The molecule has 232 valence electrons. The summed E-state index contributed by atoms with van der Waals surface area (Å²) >= 11 is 0. The first-order valence-electron chi connectivity index (χ1n) is 14.7. The molecule has 1 aromatic rings. The van der Waals surface area contributed by atoms with Crippen LogP contribution >= 0.6 is 0 Å². The summed E-state index contributed by atoms with van der Waals surface area (Å²) in [6.07, 6.45) is 2.42. The number of fused-ring (bicyclic) bond motifs is 1. The van der Waals surface area contributed by atoms with Crippen molar-refractivity contribution in [3.8, 4) is 5.75 Å². The Morgan fingerprint density at radius 3 is 2.74 bits per heavy atom. The van der Waals surface area contributed by atoms with Crippen LogP contribution < -0.4 is 26.8 Å². The van der Waals surface area contributed by atoms with Crippen LogP contribution in [0.2, 0.25) is 0 Å². The number of benzene rings is 1. The molecular weight excluding hydrogens is 558 g/mol. The summed E-state index contributed by atoms with van der Waals surface area (Å²) in [6.45, 7) is 6.69. The number of rotatable bonds is 7. The number of aliphatic hydroxyl groups is 2. The largest absolute Gasteiger partial charge is 0.492 e. The molecule has 1 spiro atoms. The Bertz CT molecular complexity index is 1430. The summed E-state index contributed by atoms with van der Waals surface area (Å²) in [4.78, 5) is 52.4. The predicted molar refractivity (Wildman–Crippen MR) is 155 cm³/mol. The highest BCUT2D eigenvalue weighted by Crippen LogP contribution is 2.45. The third kappa shape index (κ3) is 4.27. The molecular formula is C28H39N9O6. The van der Waals surface area contributed by atoms with Crippen molar-refractivity contribution in [2.45, 2.75) is 75.0 Å². The number of ether oxygens (including phenoxy) is 1. The first-order chi connectivity index (χ1) is 20.3. The molecule has 0 bridgehead atoms. The van der Waals surface area contributed by atoms with Gasteiger partial charge in [0.15, 0.2) is 17.6 Å². The lowest BCUT2D eigenvalue weighted by Gasteiger charge is -2.49. The highest BCUT2D eigenvalue weighted by molar-refractivity contribution is 6.02. The summed E-state index contributed by atoms with van der Waals surface area (Å²) in [5, 5.41) is 29.2. The molecule has 6 rings (SSSR count). The van der Waals surface area contributed by atoms with E-state index in [1.807, 2.05) is 13.0 Å². The van der Waals surface area contributed by atoms with Crippen molar-refractivity contribution in [3.63, 3.8) is 0 Å². The molecule has 4 atom stereocenters. The number of amides is 4. The monoisotopic (exact) mass is 597 g/mol. The first-order valence-corrected chi connectivity index (χ1v) is 14.7. The second kappa shape index (κ2) is 9.98. The van der Waals surface area contributed by atoms with Crippen molar-refractivity contribution in [2.75, 3.05) is 32.8 Å². The molecule has 5 aliphatic rings. The van der Waals surface area contributed by atoms with E-state index in [0.717, 1.165) is 29.7 Å². The minimum atomic E-state index is -2.67. The SMILES string of the molecule is CCCCN1CC(=O)N(C[C@@H]2N=C(N)N3CC(NC(=O)c4cccc5c4OCCC5(C)C)C(O)(O)C34NC(N)=N[C@@H]24)C1=O. The van der Waals surface area contributed by atoms with Gasteiger partial charge in [-0.05, 0) is 24.3 Å². The van der Waals surface area contributed by atoms with Crippen LogP contribution in [0.15, 0.2) is 28.2 Å². The Labute approximate surface area is 248 Å². The molecule has 15 nitrogen and oxygen atoms in total. The van der Waals surface area contributed by atoms with Crippen molar-refractivity contribution in [1.29, 1.82) is 0 Å². The van der Waals surface area contributed by atoms with E-state index in [1.165, 1.54) is 9.80 Å². The lowest BCUT2D eigenvalue weighted by molar-refractivity contribution is -0.230. The van der Waals surface area contributed by atoms with Crippen molar-refractivity contribution < 1.29 is 29.3 Å². The highest BCUT2D eigenvalue weighted by Gasteiger charge is 2.73. The van der Waals surface area contributed by atoms with Gasteiger partial charge in [-0.15, -0.1) is 0 Å². The summed E-state index contributed by atoms with van der Waals surface area (Å²) in [7, 11) is 0. The fourth-order valence-electron chi connectivity index (χ4n) is 6.90. The van der Waals surface area contributed by atoms with E-state index in [-0.39, 0.29) is 48.4 Å². The van der Waals surface area contributed by atoms with E-state index in [1.54, 1.807) is 12.1 Å². The first kappa shape index (κ1) is 29.0. The van der Waals surface area contributed by atoms with Crippen LogP contribution in [0.4, 0.5) is 4.79 Å². The number of imide groups is 1. The lowest BCUT2D eigenvalue weighted by atomic mass is 9.79. The Hall–Kier alpha value is -4.11. The summed E-state index contributed by atoms with van der Waals surface area (Å²) in [5.74, 6) is -3.32. The highest BCUT2D eigenvalue weighted by atomic mass is 16.5. The number of carbonyl (C=O) groups excluding carboxylic acids is 3. The van der Waals surface area contributed by atoms with Crippen LogP contribution in [0, 0.1) is 0 Å². The number of guanidine groups is 2. The molecule has 0 aromatic heterocycles. The maximum Gasteiger partial charge on any atom is 0.327 e. The summed E-state index contributed by atoms with van der Waals surface area (Å²) in [6, 6.07) is 1.61. The molecule has 4 amide bonds. The molecule has 0 radical (unpaired) electrons. The molecule has 15 heteroatoms. The number of aliphatic imine (C=N–C) groups is 2. The minimum Gasteiger partial charge on any atom is -0.492 e. The van der Waals surface area contributed by atoms with E-state index < -0.39 is 41.5 Å². The van der Waals surface area contributed by atoms with Gasteiger partial charge in [0.2, 0.25) is 11.7 Å². The van der Waals surface area contributed by atoms with Crippen LogP contribution in [0.5, 0.6) is 5.75 Å². The van der Waals surface area contributed by atoms with Crippen LogP contribution in [0.25, 0.3) is 0 Å². The molecule has 0 aliphatic carbocycles. The molecule has 5 heterocycles. The van der Waals surface area contributed by atoms with Gasteiger partial charge >= 0.3 is 6.03 Å². The number of nitrogens with two attached hydrogens (primary N) is 2. The van der Waals surface area contributed by atoms with Gasteiger partial charge < -0.3 is 46.9 Å². The predicted octanol–water partition coefficient (Wildman–Crippen LogP) is -1.41. The van der Waals surface area contributed by atoms with E-state index >= 15 is 0 Å². The average Bonchev–Trinajstić information content (AvgIpc) is 3.52. The van der Waals surface area contributed by atoms with Gasteiger partial charge in [0.25, 0.3) is 5.91 Å². The molecule has 43 heavy (non-hydrogen) atoms. The fourth-order valence-corrected chi connectivity index (χ4v) is 6.90. The number of nitrogens with one attached hydrogen (secondary N) is 2. The molecule has 1 aromatic carbocycles. The van der Waals surface area contributed by atoms with Gasteiger partial charge in [-0.3, -0.25) is 14.5 Å². The Morgan fingerprint density at radius 1 is 1.23 bits per heavy atom. The molecule has 8 N–H and O–H groups in total. The van der Waals surface area contributed by atoms with E-state index in [9.17, 15) is 24.6 Å². The topological polar surface area (TPSA) is 211 Å². The third-order valence-corrected chi connectivity index (χ3v) is 9.35. The second-order valence-electron chi connectivity index (χ2n) is 12.5. The van der Waals surface area contributed by atoms with Crippen LogP contribution in [-0.2, 0) is 10.2 Å². The number of unbranched alkanes of at least 4 members (excludes halogenated alkanes) is 1. The molecule has 2 saturated heterocycles. The smallest absolute Gasteiger partial charge is 0.327 e. The van der Waals surface area contributed by atoms with Crippen LogP contribution in [0.1, 0.15) is 56.0 Å². The third-order valence-electron chi connectivity index (χ3n) is 9.35. The van der Waals surface area contributed by atoms with E-state index in [0.29, 0.717) is 18.9 Å². The number of nitrogens with zero attached hydrogens (tertiary/aromatic N) is 5. The van der Waals surface area contributed by atoms with Crippen molar-refractivity contribution in [2.24, 2.45) is 21.5 Å². The maximum absolute atomic E-state index is 13.6. The van der Waals surface area contributed by atoms with Gasteiger partial charge in [0.1, 0.15) is 24.4 Å². The van der Waals surface area contributed by atoms with Gasteiger partial charge in [0.05, 0.1) is 24.8 Å². The second-order valence-corrected chi connectivity index (χ2v) is 12.5. The van der Waals surface area contributed by atoms with Crippen LogP contribution in [-0.4, -0.2) is 117 Å². The lowest BCUT2D eigenvalue weighted by Crippen LogP contribution is -2.78. The Balaban J connectivity index is 1.28. The van der Waals surface area contributed by atoms with Gasteiger partial charge in [-0.1, -0.05) is 39.3 Å². The van der Waals surface area contributed by atoms with Crippen LogP contribution in [0.3, 0.4) is 0 Å². The standard InChI is InChI=1S/C28H39N9O6/c1-4-5-10-35-14-19(38)36(25(35)40)12-17-21-27(34-23(29)33-21)28(41,42)18(13-37(27)24(30)31-17)32-22(39)15-7-6-8-16-20(15)43-11-9-26(16,2)3/h6-8,17-18,21,41-42H,4-5,9-14H2,1-3H3,(H2,30,31)(H,32,39)(H3,29,33,34)/t17-,18?,21-,27?/m0/s1. The van der Waals surface area contributed by atoms with Gasteiger partial charge in [-0.25, -0.2) is 14.8 Å². The van der Waals surface area contributed by atoms with Crippen molar-refractivity contribution >= 4 is 29.8 Å². The van der Waals surface area contributed by atoms with Gasteiger partial charge in [-0.2, -0.15) is 0 Å². The number of hydrogen-bond acceptors (Lipinski definition) is 12. The zero-order chi connectivity index (χ0) is 30.9. The molecule has 2 unspecified atom stereocenters. The quantitative estimate of drug-likeness (QED) is 0.160.